The Bertz CT molecular complexity index is 5220. The first-order valence-corrected chi connectivity index (χ1v) is 30.2. The number of nitrogens with zero attached hydrogens (tertiary/aromatic N) is 4. The summed E-state index contributed by atoms with van der Waals surface area (Å²) in [7, 11) is 0. The van der Waals surface area contributed by atoms with Gasteiger partial charge >= 0.3 is 0 Å². The van der Waals surface area contributed by atoms with Crippen molar-refractivity contribution in [1.29, 1.82) is 10.5 Å². The van der Waals surface area contributed by atoms with E-state index < -0.39 is 0 Å². The largest absolute Gasteiger partial charge is 0.248 e. The first kappa shape index (κ1) is 54.3. The first-order valence-electron chi connectivity index (χ1n) is 30.2. The smallest absolute Gasteiger partial charge is 0.0991 e. The van der Waals surface area contributed by atoms with E-state index in [2.05, 4.69) is 279 Å². The first-order chi connectivity index (χ1) is 44.5. The van der Waals surface area contributed by atoms with Gasteiger partial charge in [-0.3, -0.25) is 0 Å². The van der Waals surface area contributed by atoms with Gasteiger partial charge in [0.2, 0.25) is 0 Å². The highest BCUT2D eigenvalue weighted by molar-refractivity contribution is 6.06. The number of aromatic nitrogens is 2. The topological polar surface area (TPSA) is 73.4 Å². The molecular formula is C86H54N4. The van der Waals surface area contributed by atoms with Crippen LogP contribution >= 0.6 is 0 Å². The van der Waals surface area contributed by atoms with Gasteiger partial charge in [0.25, 0.3) is 0 Å². The number of pyridine rings is 2. The number of fused-ring (bicyclic) bond motifs is 2. The summed E-state index contributed by atoms with van der Waals surface area (Å²) < 4.78 is 0. The predicted octanol–water partition coefficient (Wildman–Crippen LogP) is 22.5. The zero-order valence-corrected chi connectivity index (χ0v) is 49.0. The highest BCUT2D eigenvalue weighted by atomic mass is 14.7. The summed E-state index contributed by atoms with van der Waals surface area (Å²) in [4.78, 5) is 10.6. The molecule has 90 heavy (non-hydrogen) atoms. The Balaban J connectivity index is 0.694. The molecule has 0 aliphatic heterocycles. The average Bonchev–Trinajstić information content (AvgIpc) is 1.73. The van der Waals surface area contributed by atoms with E-state index in [4.69, 9.17) is 9.97 Å². The Morgan fingerprint density at radius 2 is 0.378 bits per heavy atom. The summed E-state index contributed by atoms with van der Waals surface area (Å²) >= 11 is 0. The van der Waals surface area contributed by atoms with Crippen LogP contribution in [0.25, 0.3) is 156 Å². The SMILES string of the molecule is N#Cc1ccc(-c2ccc(-c3ccc(-c4ccc(-c5cc(-c6ccc(-c7ccc(-c8cc(-c9ccc(-c%10ccc(-c%11ccc(C#N)cc%11)c%11ccccc%10%11)cc9)cc(-c9ccccc9)n8)cc7)cc6)cc(-c6ccccc6)n5)cc4)c4ccccc34)cc2)cc1. The maximum atomic E-state index is 9.40. The minimum absolute atomic E-state index is 0.653. The van der Waals surface area contributed by atoms with Crippen LogP contribution in [0.4, 0.5) is 0 Å². The van der Waals surface area contributed by atoms with Crippen molar-refractivity contribution in [3.8, 4) is 146 Å². The van der Waals surface area contributed by atoms with Gasteiger partial charge in [0.05, 0.1) is 46.0 Å². The fourth-order valence-corrected chi connectivity index (χ4v) is 12.5. The number of nitriles is 2. The standard InChI is InChI=1S/C86H54N4/c87-55-57-19-23-59(24-20-57)61-31-37-66(38-32-61)76-49-50-78(82-18-10-9-17-81(76)82)68-41-45-72(46-42-68)86-53-73(51-83(90-86)69-11-3-1-4-12-69)63-29-27-60(28-30-63)62-35-43-71(44-36-62)85-54-74(52-84(89-85)70-13-5-2-6-14-70)64-33-39-67(40-34-64)77-48-47-75(79-15-7-8-16-80(77)79)65-25-21-58(56-88)22-26-65/h1-54H. The zero-order chi connectivity index (χ0) is 60.3. The van der Waals surface area contributed by atoms with Gasteiger partial charge in [0.15, 0.2) is 0 Å². The van der Waals surface area contributed by atoms with E-state index in [1.807, 2.05) is 60.7 Å². The molecule has 4 nitrogen and oxygen atoms in total. The van der Waals surface area contributed by atoms with Crippen molar-refractivity contribution in [3.05, 3.63) is 339 Å². The molecule has 0 N–H and O–H groups in total. The van der Waals surface area contributed by atoms with Gasteiger partial charge in [-0.15, -0.1) is 0 Å². The van der Waals surface area contributed by atoms with Crippen molar-refractivity contribution in [3.63, 3.8) is 0 Å². The van der Waals surface area contributed by atoms with E-state index in [9.17, 15) is 10.5 Å². The molecule has 418 valence electrons. The lowest BCUT2D eigenvalue weighted by molar-refractivity contribution is 1.32. The molecule has 15 aromatic rings. The predicted molar refractivity (Wildman–Crippen MR) is 372 cm³/mol. The number of rotatable bonds is 12. The molecule has 0 fully saturated rings. The molecule has 0 saturated carbocycles. The maximum absolute atomic E-state index is 9.40. The van der Waals surface area contributed by atoms with Crippen molar-refractivity contribution < 1.29 is 0 Å². The van der Waals surface area contributed by atoms with Crippen molar-refractivity contribution in [2.24, 2.45) is 0 Å². The second-order valence-electron chi connectivity index (χ2n) is 22.7. The average molecular weight is 1140 g/mol. The van der Waals surface area contributed by atoms with Gasteiger partial charge < -0.3 is 0 Å². The third-order valence-electron chi connectivity index (χ3n) is 17.3. The molecule has 4 heteroatoms. The summed E-state index contributed by atoms with van der Waals surface area (Å²) in [5, 5.41) is 23.4. The van der Waals surface area contributed by atoms with E-state index in [1.165, 1.54) is 38.2 Å². The van der Waals surface area contributed by atoms with E-state index in [0.717, 1.165) is 117 Å². The molecule has 0 unspecified atom stereocenters. The van der Waals surface area contributed by atoms with E-state index in [-0.39, 0.29) is 0 Å². The monoisotopic (exact) mass is 1140 g/mol. The second kappa shape index (κ2) is 23.8. The lowest BCUT2D eigenvalue weighted by atomic mass is 9.91. The van der Waals surface area contributed by atoms with Gasteiger partial charge in [0.1, 0.15) is 0 Å². The Labute approximate surface area is 523 Å². The van der Waals surface area contributed by atoms with E-state index >= 15 is 0 Å². The lowest BCUT2D eigenvalue weighted by Gasteiger charge is -2.14. The molecule has 0 aliphatic carbocycles. The van der Waals surface area contributed by atoms with Crippen LogP contribution in [0.5, 0.6) is 0 Å². The minimum Gasteiger partial charge on any atom is -0.248 e. The highest BCUT2D eigenvalue weighted by Crippen LogP contribution is 2.41. The third kappa shape index (κ3) is 10.8. The summed E-state index contributed by atoms with van der Waals surface area (Å²) in [6, 6.07) is 120. The second-order valence-corrected chi connectivity index (χ2v) is 22.7. The van der Waals surface area contributed by atoms with Crippen molar-refractivity contribution >= 4 is 21.5 Å². The van der Waals surface area contributed by atoms with Gasteiger partial charge in [-0.05, 0) is 159 Å². The van der Waals surface area contributed by atoms with Gasteiger partial charge in [0, 0.05) is 22.3 Å². The summed E-state index contributed by atoms with van der Waals surface area (Å²) in [6.45, 7) is 0. The molecule has 2 heterocycles. The Hall–Kier alpha value is -12.3. The Morgan fingerprint density at radius 1 is 0.178 bits per heavy atom. The third-order valence-corrected chi connectivity index (χ3v) is 17.3. The normalized spacial score (nSPS) is 11.1. The van der Waals surface area contributed by atoms with Crippen LogP contribution in [-0.2, 0) is 0 Å². The van der Waals surface area contributed by atoms with Crippen LogP contribution in [0.3, 0.4) is 0 Å². The van der Waals surface area contributed by atoms with Crippen molar-refractivity contribution in [2.75, 3.05) is 0 Å². The molecule has 15 rings (SSSR count). The highest BCUT2D eigenvalue weighted by Gasteiger charge is 2.16. The quantitative estimate of drug-likeness (QED) is 0.122. The fourth-order valence-electron chi connectivity index (χ4n) is 12.5. The molecule has 0 saturated heterocycles. The van der Waals surface area contributed by atoms with Crippen LogP contribution in [-0.4, -0.2) is 9.97 Å². The number of benzene rings is 13. The van der Waals surface area contributed by atoms with E-state index in [0.29, 0.717) is 11.1 Å². The number of hydrogen-bond acceptors (Lipinski definition) is 4. The van der Waals surface area contributed by atoms with Crippen LogP contribution < -0.4 is 0 Å². The molecule has 0 aliphatic rings. The maximum Gasteiger partial charge on any atom is 0.0991 e. The lowest BCUT2D eigenvalue weighted by Crippen LogP contribution is -1.92. The summed E-state index contributed by atoms with van der Waals surface area (Å²) in [5.41, 5.74) is 27.2. The molecule has 0 radical (unpaired) electrons. The zero-order valence-electron chi connectivity index (χ0n) is 49.0. The van der Waals surface area contributed by atoms with Crippen LogP contribution in [0.1, 0.15) is 11.1 Å². The Kier molecular flexibility index (Phi) is 14.4. The molecule has 0 amide bonds. The number of hydrogen-bond donors (Lipinski definition) is 0. The summed E-state index contributed by atoms with van der Waals surface area (Å²) in [5.74, 6) is 0. The molecule has 0 atom stereocenters. The van der Waals surface area contributed by atoms with Gasteiger partial charge in [-0.2, -0.15) is 10.5 Å². The fraction of sp³-hybridized carbons (Fsp3) is 0. The van der Waals surface area contributed by atoms with Gasteiger partial charge in [-0.25, -0.2) is 9.97 Å². The van der Waals surface area contributed by atoms with Crippen LogP contribution in [0, 0.1) is 22.7 Å². The molecule has 0 spiro atoms. The van der Waals surface area contributed by atoms with Crippen molar-refractivity contribution in [1.82, 2.24) is 9.97 Å². The minimum atomic E-state index is 0.653. The molecule has 2 aromatic heterocycles. The van der Waals surface area contributed by atoms with E-state index in [1.54, 1.807) is 0 Å². The van der Waals surface area contributed by atoms with Crippen molar-refractivity contribution in [2.45, 2.75) is 0 Å². The Morgan fingerprint density at radius 3 is 0.644 bits per heavy atom. The molecule has 0 bridgehead atoms. The molecular weight excluding hydrogens is 1090 g/mol. The molecule has 13 aromatic carbocycles. The van der Waals surface area contributed by atoms with Gasteiger partial charge in [-0.1, -0.05) is 279 Å². The van der Waals surface area contributed by atoms with Crippen LogP contribution in [0.15, 0.2) is 328 Å². The van der Waals surface area contributed by atoms with Crippen LogP contribution in [0.2, 0.25) is 0 Å². The summed E-state index contributed by atoms with van der Waals surface area (Å²) in [6.07, 6.45) is 0.